The SMILES string of the molecule is Cc1cc(C)n(-c2ccc3cccc(O)c3n2)n1. The van der Waals surface area contributed by atoms with E-state index in [1.54, 1.807) is 10.7 Å². The summed E-state index contributed by atoms with van der Waals surface area (Å²) in [6, 6.07) is 11.2. The van der Waals surface area contributed by atoms with Gasteiger partial charge in [-0.3, -0.25) is 0 Å². The molecule has 3 rings (SSSR count). The standard InChI is InChI=1S/C14H13N3O/c1-9-8-10(2)17(16-9)13-7-6-11-4-3-5-12(18)14(11)15-13/h3-8,18H,1-2H3. The van der Waals surface area contributed by atoms with E-state index in [0.29, 0.717) is 5.52 Å². The highest BCUT2D eigenvalue weighted by atomic mass is 16.3. The van der Waals surface area contributed by atoms with Gasteiger partial charge in [-0.25, -0.2) is 9.67 Å². The van der Waals surface area contributed by atoms with E-state index in [-0.39, 0.29) is 5.75 Å². The number of hydrogen-bond acceptors (Lipinski definition) is 3. The predicted octanol–water partition coefficient (Wildman–Crippen LogP) is 2.74. The van der Waals surface area contributed by atoms with Crippen LogP contribution in [0.25, 0.3) is 16.7 Å². The number of phenols is 1. The molecule has 4 heteroatoms. The number of hydrogen-bond donors (Lipinski definition) is 1. The van der Waals surface area contributed by atoms with Crippen LogP contribution in [0.5, 0.6) is 5.75 Å². The summed E-state index contributed by atoms with van der Waals surface area (Å²) in [5, 5.41) is 15.1. The van der Waals surface area contributed by atoms with E-state index in [9.17, 15) is 5.11 Å². The molecule has 0 fully saturated rings. The van der Waals surface area contributed by atoms with Crippen LogP contribution < -0.4 is 0 Å². The highest BCUT2D eigenvalue weighted by molar-refractivity contribution is 5.84. The third-order valence-electron chi connectivity index (χ3n) is 2.91. The Labute approximate surface area is 105 Å². The van der Waals surface area contributed by atoms with Gasteiger partial charge in [-0.05, 0) is 38.1 Å². The van der Waals surface area contributed by atoms with Crippen molar-refractivity contribution < 1.29 is 5.11 Å². The van der Waals surface area contributed by atoms with Crippen LogP contribution in [0, 0.1) is 13.8 Å². The Balaban J connectivity index is 2.25. The molecule has 18 heavy (non-hydrogen) atoms. The highest BCUT2D eigenvalue weighted by Crippen LogP contribution is 2.23. The highest BCUT2D eigenvalue weighted by Gasteiger charge is 2.07. The zero-order valence-corrected chi connectivity index (χ0v) is 10.3. The van der Waals surface area contributed by atoms with Crippen LogP contribution in [0.15, 0.2) is 36.4 Å². The van der Waals surface area contributed by atoms with Gasteiger partial charge in [0.1, 0.15) is 11.3 Å². The van der Waals surface area contributed by atoms with E-state index >= 15 is 0 Å². The van der Waals surface area contributed by atoms with Crippen molar-refractivity contribution in [3.05, 3.63) is 47.8 Å². The minimum Gasteiger partial charge on any atom is -0.506 e. The number of aryl methyl sites for hydroxylation is 2. The number of rotatable bonds is 1. The number of fused-ring (bicyclic) bond motifs is 1. The van der Waals surface area contributed by atoms with Crippen LogP contribution in [0.1, 0.15) is 11.4 Å². The Morgan fingerprint density at radius 2 is 1.94 bits per heavy atom. The minimum atomic E-state index is 0.191. The van der Waals surface area contributed by atoms with Gasteiger partial charge in [-0.1, -0.05) is 12.1 Å². The van der Waals surface area contributed by atoms with Crippen LogP contribution in [-0.4, -0.2) is 19.9 Å². The van der Waals surface area contributed by atoms with Crippen LogP contribution >= 0.6 is 0 Å². The maximum Gasteiger partial charge on any atom is 0.154 e. The van der Waals surface area contributed by atoms with Crippen molar-refractivity contribution in [3.8, 4) is 11.6 Å². The summed E-state index contributed by atoms with van der Waals surface area (Å²) in [5.41, 5.74) is 2.57. The van der Waals surface area contributed by atoms with E-state index in [1.807, 2.05) is 44.2 Å². The van der Waals surface area contributed by atoms with Gasteiger partial charge in [0, 0.05) is 11.1 Å². The van der Waals surface area contributed by atoms with Gasteiger partial charge in [0.15, 0.2) is 5.82 Å². The van der Waals surface area contributed by atoms with Crippen molar-refractivity contribution in [2.75, 3.05) is 0 Å². The fourth-order valence-corrected chi connectivity index (χ4v) is 2.10. The predicted molar refractivity (Wildman–Crippen MR) is 70.0 cm³/mol. The third-order valence-corrected chi connectivity index (χ3v) is 2.91. The number of nitrogens with zero attached hydrogens (tertiary/aromatic N) is 3. The first-order chi connectivity index (χ1) is 8.65. The van der Waals surface area contributed by atoms with Gasteiger partial charge in [-0.2, -0.15) is 5.10 Å². The fourth-order valence-electron chi connectivity index (χ4n) is 2.10. The molecule has 0 bridgehead atoms. The quantitative estimate of drug-likeness (QED) is 0.710. The van der Waals surface area contributed by atoms with Gasteiger partial charge < -0.3 is 5.11 Å². The Bertz CT molecular complexity index is 731. The summed E-state index contributed by atoms with van der Waals surface area (Å²) in [7, 11) is 0. The largest absolute Gasteiger partial charge is 0.506 e. The zero-order chi connectivity index (χ0) is 12.7. The van der Waals surface area contributed by atoms with E-state index in [0.717, 1.165) is 22.6 Å². The number of phenolic OH excluding ortho intramolecular Hbond substituents is 1. The molecular weight excluding hydrogens is 226 g/mol. The molecule has 2 aromatic heterocycles. The number of pyridine rings is 1. The first-order valence-corrected chi connectivity index (χ1v) is 5.77. The van der Waals surface area contributed by atoms with Gasteiger partial charge in [0.05, 0.1) is 5.69 Å². The maximum atomic E-state index is 9.82. The first-order valence-electron chi connectivity index (χ1n) is 5.77. The molecule has 1 aromatic carbocycles. The number of aromatic hydroxyl groups is 1. The van der Waals surface area contributed by atoms with E-state index in [1.165, 1.54) is 0 Å². The third kappa shape index (κ3) is 1.62. The van der Waals surface area contributed by atoms with Crippen molar-refractivity contribution >= 4 is 10.9 Å². The smallest absolute Gasteiger partial charge is 0.154 e. The van der Waals surface area contributed by atoms with Gasteiger partial charge >= 0.3 is 0 Å². The molecule has 0 amide bonds. The average molecular weight is 239 g/mol. The Morgan fingerprint density at radius 3 is 2.67 bits per heavy atom. The van der Waals surface area contributed by atoms with Crippen LogP contribution in [0.4, 0.5) is 0 Å². The van der Waals surface area contributed by atoms with Gasteiger partial charge in [0.25, 0.3) is 0 Å². The average Bonchev–Trinajstić information content (AvgIpc) is 2.69. The number of benzene rings is 1. The first kappa shape index (κ1) is 10.8. The Kier molecular flexibility index (Phi) is 2.30. The summed E-state index contributed by atoms with van der Waals surface area (Å²) >= 11 is 0. The van der Waals surface area contributed by atoms with E-state index in [2.05, 4.69) is 10.1 Å². The van der Waals surface area contributed by atoms with Crippen molar-refractivity contribution in [3.63, 3.8) is 0 Å². The normalized spacial score (nSPS) is 11.0. The molecule has 0 aliphatic heterocycles. The lowest BCUT2D eigenvalue weighted by atomic mass is 10.2. The maximum absolute atomic E-state index is 9.82. The molecule has 0 saturated heterocycles. The summed E-state index contributed by atoms with van der Waals surface area (Å²) in [6.45, 7) is 3.93. The lowest BCUT2D eigenvalue weighted by molar-refractivity contribution is 0.480. The number of aromatic nitrogens is 3. The molecule has 0 unspecified atom stereocenters. The Morgan fingerprint density at radius 1 is 1.11 bits per heavy atom. The lowest BCUT2D eigenvalue weighted by Gasteiger charge is -2.06. The Hall–Kier alpha value is -2.36. The summed E-state index contributed by atoms with van der Waals surface area (Å²) < 4.78 is 1.78. The molecule has 90 valence electrons. The molecule has 0 spiro atoms. The monoisotopic (exact) mass is 239 g/mol. The van der Waals surface area contributed by atoms with Crippen molar-refractivity contribution in [1.29, 1.82) is 0 Å². The zero-order valence-electron chi connectivity index (χ0n) is 10.3. The molecule has 0 aliphatic rings. The van der Waals surface area contributed by atoms with Crippen LogP contribution in [0.2, 0.25) is 0 Å². The molecule has 0 atom stereocenters. The second-order valence-corrected chi connectivity index (χ2v) is 4.36. The van der Waals surface area contributed by atoms with Crippen molar-refractivity contribution in [2.45, 2.75) is 13.8 Å². The van der Waals surface area contributed by atoms with Crippen LogP contribution in [-0.2, 0) is 0 Å². The number of para-hydroxylation sites is 1. The molecule has 4 nitrogen and oxygen atoms in total. The lowest BCUT2D eigenvalue weighted by Crippen LogP contribution is -2.01. The summed E-state index contributed by atoms with van der Waals surface area (Å²) in [6.07, 6.45) is 0. The van der Waals surface area contributed by atoms with Crippen molar-refractivity contribution in [2.24, 2.45) is 0 Å². The molecule has 0 aliphatic carbocycles. The molecule has 0 saturated carbocycles. The van der Waals surface area contributed by atoms with Crippen molar-refractivity contribution in [1.82, 2.24) is 14.8 Å². The fraction of sp³-hybridized carbons (Fsp3) is 0.143. The van der Waals surface area contributed by atoms with E-state index in [4.69, 9.17) is 0 Å². The molecule has 2 heterocycles. The molecule has 3 aromatic rings. The topological polar surface area (TPSA) is 50.9 Å². The second-order valence-electron chi connectivity index (χ2n) is 4.36. The second kappa shape index (κ2) is 3.84. The van der Waals surface area contributed by atoms with Gasteiger partial charge in [0.2, 0.25) is 0 Å². The van der Waals surface area contributed by atoms with Gasteiger partial charge in [-0.15, -0.1) is 0 Å². The van der Waals surface area contributed by atoms with Crippen LogP contribution in [0.3, 0.4) is 0 Å². The molecule has 0 radical (unpaired) electrons. The van der Waals surface area contributed by atoms with E-state index < -0.39 is 0 Å². The minimum absolute atomic E-state index is 0.191. The molecule has 1 N–H and O–H groups in total. The summed E-state index contributed by atoms with van der Waals surface area (Å²) in [5.74, 6) is 0.908. The summed E-state index contributed by atoms with van der Waals surface area (Å²) in [4.78, 5) is 4.47. The molecular formula is C14H13N3O.